The predicted molar refractivity (Wildman–Crippen MR) is 66.2 cm³/mol. The van der Waals surface area contributed by atoms with Gasteiger partial charge in [-0.05, 0) is 24.2 Å². The number of nitrogens with two attached hydrogens (primary N) is 1. The van der Waals surface area contributed by atoms with Crippen molar-refractivity contribution in [3.05, 3.63) is 0 Å². The highest BCUT2D eigenvalue weighted by molar-refractivity contribution is 5.82. The monoisotopic (exact) mass is 240 g/mol. The van der Waals surface area contributed by atoms with E-state index in [1.165, 1.54) is 0 Å². The summed E-state index contributed by atoms with van der Waals surface area (Å²) in [6.07, 6.45) is 1.71. The summed E-state index contributed by atoms with van der Waals surface area (Å²) in [5, 5.41) is 9.83. The molecule has 2 aliphatic rings. The van der Waals surface area contributed by atoms with E-state index in [1.807, 2.05) is 25.7 Å². The molecule has 1 heterocycles. The minimum absolute atomic E-state index is 0.0408. The molecule has 4 unspecified atom stereocenters. The van der Waals surface area contributed by atoms with Crippen LogP contribution in [0.5, 0.6) is 0 Å². The predicted octanol–water partition coefficient (Wildman–Crippen LogP) is 0.589. The van der Waals surface area contributed by atoms with Crippen LogP contribution in [0.2, 0.25) is 0 Å². The molecule has 17 heavy (non-hydrogen) atoms. The molecule has 98 valence electrons. The molecular formula is C13H24N2O2. The van der Waals surface area contributed by atoms with Gasteiger partial charge in [0.1, 0.15) is 0 Å². The molecule has 1 aliphatic carbocycles. The molecule has 0 aromatic carbocycles. The number of nitrogens with zero attached hydrogens (tertiary/aromatic N) is 1. The second-order valence-electron chi connectivity index (χ2n) is 6.66. The van der Waals surface area contributed by atoms with Gasteiger partial charge in [-0.3, -0.25) is 4.79 Å². The van der Waals surface area contributed by atoms with Gasteiger partial charge in [-0.15, -0.1) is 0 Å². The van der Waals surface area contributed by atoms with E-state index in [9.17, 15) is 9.90 Å². The van der Waals surface area contributed by atoms with Crippen molar-refractivity contribution in [1.29, 1.82) is 0 Å². The topological polar surface area (TPSA) is 66.6 Å². The van der Waals surface area contributed by atoms with Gasteiger partial charge in [0.25, 0.3) is 0 Å². The first-order valence-electron chi connectivity index (χ1n) is 6.53. The van der Waals surface area contributed by atoms with E-state index < -0.39 is 6.04 Å². The fraction of sp³-hybridized carbons (Fsp3) is 0.923. The molecule has 4 heteroatoms. The van der Waals surface area contributed by atoms with Crippen LogP contribution in [0.1, 0.15) is 33.6 Å². The molecule has 0 aromatic rings. The SMILES string of the molecule is CC(C)(C)C(N)C(=O)N1CC2CCC(O)C2C1. The number of likely N-dealkylation sites (tertiary alicyclic amines) is 1. The molecule has 1 saturated carbocycles. The van der Waals surface area contributed by atoms with Crippen molar-refractivity contribution in [1.82, 2.24) is 4.90 Å². The molecule has 3 N–H and O–H groups in total. The maximum Gasteiger partial charge on any atom is 0.240 e. The number of hydrogen-bond donors (Lipinski definition) is 2. The van der Waals surface area contributed by atoms with E-state index in [2.05, 4.69) is 0 Å². The third-order valence-corrected chi connectivity index (χ3v) is 4.33. The number of hydrogen-bond acceptors (Lipinski definition) is 3. The van der Waals surface area contributed by atoms with Crippen LogP contribution in [0.25, 0.3) is 0 Å². The molecular weight excluding hydrogens is 216 g/mol. The number of amides is 1. The Morgan fingerprint density at radius 2 is 2.00 bits per heavy atom. The second-order valence-corrected chi connectivity index (χ2v) is 6.66. The molecule has 0 radical (unpaired) electrons. The van der Waals surface area contributed by atoms with Crippen molar-refractivity contribution >= 4 is 5.91 Å². The number of carbonyl (C=O) groups excluding carboxylic acids is 1. The van der Waals surface area contributed by atoms with Gasteiger partial charge in [0.15, 0.2) is 0 Å². The molecule has 0 aromatic heterocycles. The van der Waals surface area contributed by atoms with E-state index in [-0.39, 0.29) is 23.3 Å². The van der Waals surface area contributed by atoms with Gasteiger partial charge in [-0.25, -0.2) is 0 Å². The van der Waals surface area contributed by atoms with Crippen molar-refractivity contribution in [3.63, 3.8) is 0 Å². The van der Waals surface area contributed by atoms with Crippen LogP contribution in [0, 0.1) is 17.3 Å². The third-order valence-electron chi connectivity index (χ3n) is 4.33. The normalized spacial score (nSPS) is 34.9. The van der Waals surface area contributed by atoms with E-state index in [1.54, 1.807) is 0 Å². The lowest BCUT2D eigenvalue weighted by atomic mass is 9.86. The smallest absolute Gasteiger partial charge is 0.240 e. The zero-order valence-corrected chi connectivity index (χ0v) is 11.0. The van der Waals surface area contributed by atoms with Crippen molar-refractivity contribution in [3.8, 4) is 0 Å². The lowest BCUT2D eigenvalue weighted by Gasteiger charge is -2.30. The number of rotatable bonds is 1. The molecule has 1 saturated heterocycles. The van der Waals surface area contributed by atoms with Crippen LogP contribution < -0.4 is 5.73 Å². The van der Waals surface area contributed by atoms with E-state index in [0.717, 1.165) is 19.4 Å². The van der Waals surface area contributed by atoms with Gasteiger partial charge >= 0.3 is 0 Å². The first-order chi connectivity index (χ1) is 7.80. The largest absolute Gasteiger partial charge is 0.393 e. The zero-order valence-electron chi connectivity index (χ0n) is 11.0. The first kappa shape index (κ1) is 12.8. The third kappa shape index (κ3) is 2.33. The van der Waals surface area contributed by atoms with Crippen LogP contribution in [-0.4, -0.2) is 41.1 Å². The number of carbonyl (C=O) groups is 1. The Morgan fingerprint density at radius 3 is 2.53 bits per heavy atom. The zero-order chi connectivity index (χ0) is 12.8. The molecule has 0 spiro atoms. The van der Waals surface area contributed by atoms with Crippen molar-refractivity contribution < 1.29 is 9.90 Å². The lowest BCUT2D eigenvalue weighted by Crippen LogP contribution is -2.50. The standard InChI is InChI=1S/C13H24N2O2/c1-13(2,3)11(14)12(17)15-6-8-4-5-10(16)9(8)7-15/h8-11,16H,4-7,14H2,1-3H3. The van der Waals surface area contributed by atoms with Gasteiger partial charge in [-0.2, -0.15) is 0 Å². The Hall–Kier alpha value is -0.610. The maximum atomic E-state index is 12.2. The second kappa shape index (κ2) is 4.25. The summed E-state index contributed by atoms with van der Waals surface area (Å²) in [6.45, 7) is 7.43. The summed E-state index contributed by atoms with van der Waals surface area (Å²) in [7, 11) is 0. The van der Waals surface area contributed by atoms with E-state index in [4.69, 9.17) is 5.73 Å². The number of aliphatic hydroxyl groups is 1. The molecule has 2 fully saturated rings. The van der Waals surface area contributed by atoms with Crippen LogP contribution in [0.3, 0.4) is 0 Å². The van der Waals surface area contributed by atoms with E-state index in [0.29, 0.717) is 12.5 Å². The summed E-state index contributed by atoms with van der Waals surface area (Å²) >= 11 is 0. The molecule has 4 nitrogen and oxygen atoms in total. The average molecular weight is 240 g/mol. The fourth-order valence-corrected chi connectivity index (χ4v) is 2.98. The maximum absolute atomic E-state index is 12.2. The quantitative estimate of drug-likeness (QED) is 0.705. The molecule has 2 rings (SSSR count). The van der Waals surface area contributed by atoms with Crippen molar-refractivity contribution in [2.75, 3.05) is 13.1 Å². The lowest BCUT2D eigenvalue weighted by molar-refractivity contribution is -0.134. The Morgan fingerprint density at radius 1 is 1.35 bits per heavy atom. The fourth-order valence-electron chi connectivity index (χ4n) is 2.98. The highest BCUT2D eigenvalue weighted by Gasteiger charge is 2.45. The first-order valence-corrected chi connectivity index (χ1v) is 6.53. The highest BCUT2D eigenvalue weighted by Crippen LogP contribution is 2.38. The minimum Gasteiger partial charge on any atom is -0.393 e. The van der Waals surface area contributed by atoms with Crippen molar-refractivity contribution in [2.45, 2.75) is 45.8 Å². The summed E-state index contributed by atoms with van der Waals surface area (Å²) in [4.78, 5) is 14.1. The van der Waals surface area contributed by atoms with Gasteiger partial charge in [-0.1, -0.05) is 20.8 Å². The Balaban J connectivity index is 2.00. The Kier molecular flexibility index (Phi) is 3.21. The summed E-state index contributed by atoms with van der Waals surface area (Å²) in [5.74, 6) is 0.811. The summed E-state index contributed by atoms with van der Waals surface area (Å²) in [5.41, 5.74) is 5.80. The van der Waals surface area contributed by atoms with Crippen LogP contribution in [-0.2, 0) is 4.79 Å². The summed E-state index contributed by atoms with van der Waals surface area (Å²) < 4.78 is 0. The van der Waals surface area contributed by atoms with Gasteiger partial charge in [0.05, 0.1) is 12.1 Å². The summed E-state index contributed by atoms with van der Waals surface area (Å²) in [6, 6.07) is -0.446. The van der Waals surface area contributed by atoms with Crippen LogP contribution in [0.15, 0.2) is 0 Å². The van der Waals surface area contributed by atoms with Gasteiger partial charge in [0, 0.05) is 19.0 Å². The molecule has 4 atom stereocenters. The Bertz CT molecular complexity index is 311. The van der Waals surface area contributed by atoms with Crippen LogP contribution >= 0.6 is 0 Å². The molecule has 0 bridgehead atoms. The molecule has 1 aliphatic heterocycles. The van der Waals surface area contributed by atoms with Crippen molar-refractivity contribution in [2.24, 2.45) is 23.0 Å². The Labute approximate surface area is 103 Å². The number of aliphatic hydroxyl groups excluding tert-OH is 1. The number of fused-ring (bicyclic) bond motifs is 1. The van der Waals surface area contributed by atoms with E-state index >= 15 is 0 Å². The van der Waals surface area contributed by atoms with Gasteiger partial charge < -0.3 is 15.7 Å². The average Bonchev–Trinajstić information content (AvgIpc) is 2.78. The highest BCUT2D eigenvalue weighted by atomic mass is 16.3. The van der Waals surface area contributed by atoms with Crippen LogP contribution in [0.4, 0.5) is 0 Å². The minimum atomic E-state index is -0.446. The molecule has 1 amide bonds. The van der Waals surface area contributed by atoms with Gasteiger partial charge in [0.2, 0.25) is 5.91 Å².